The summed E-state index contributed by atoms with van der Waals surface area (Å²) in [5.41, 5.74) is 2.22. The summed E-state index contributed by atoms with van der Waals surface area (Å²) in [6.45, 7) is 0. The van der Waals surface area contributed by atoms with Crippen molar-refractivity contribution in [3.63, 3.8) is 0 Å². The zero-order valence-electron chi connectivity index (χ0n) is 8.33. The van der Waals surface area contributed by atoms with Crippen LogP contribution in [-0.2, 0) is 0 Å². The molecule has 1 aromatic carbocycles. The molecular formula is C9H11ClN2O3. The van der Waals surface area contributed by atoms with Crippen LogP contribution in [0.5, 0.6) is 11.5 Å². The molecule has 0 aliphatic carbocycles. The molecule has 15 heavy (non-hydrogen) atoms. The molecule has 1 amide bonds. The van der Waals surface area contributed by atoms with Gasteiger partial charge in [-0.2, -0.15) is 0 Å². The third-order valence-electron chi connectivity index (χ3n) is 1.85. The summed E-state index contributed by atoms with van der Waals surface area (Å²) in [5, 5.41) is 0.246. The van der Waals surface area contributed by atoms with Crippen molar-refractivity contribution in [1.82, 2.24) is 5.43 Å². The largest absolute Gasteiger partial charge is 0.493 e. The highest BCUT2D eigenvalue weighted by Gasteiger charge is 2.14. The maximum absolute atomic E-state index is 11.3. The highest BCUT2D eigenvalue weighted by molar-refractivity contribution is 6.34. The SMILES string of the molecule is COc1cc(Cl)c(C(=O)NN)cc1OC. The van der Waals surface area contributed by atoms with Gasteiger partial charge in [0.1, 0.15) is 0 Å². The van der Waals surface area contributed by atoms with Crippen LogP contribution in [0.3, 0.4) is 0 Å². The normalized spacial score (nSPS) is 9.60. The number of hydrogen-bond donors (Lipinski definition) is 2. The van der Waals surface area contributed by atoms with Gasteiger partial charge in [0.25, 0.3) is 5.91 Å². The van der Waals surface area contributed by atoms with Crippen LogP contribution >= 0.6 is 11.6 Å². The molecule has 82 valence electrons. The number of ether oxygens (including phenoxy) is 2. The number of hydrazine groups is 1. The van der Waals surface area contributed by atoms with E-state index in [4.69, 9.17) is 26.9 Å². The average molecular weight is 231 g/mol. The molecule has 0 atom stereocenters. The predicted octanol–water partition coefficient (Wildman–Crippen LogP) is 0.961. The van der Waals surface area contributed by atoms with Crippen molar-refractivity contribution in [3.8, 4) is 11.5 Å². The van der Waals surface area contributed by atoms with Crippen molar-refractivity contribution in [2.45, 2.75) is 0 Å². The number of benzene rings is 1. The first-order valence-electron chi connectivity index (χ1n) is 4.06. The standard InChI is InChI=1S/C9H11ClN2O3/c1-14-7-3-5(9(13)12-11)6(10)4-8(7)15-2/h3-4H,11H2,1-2H3,(H,12,13). The second-order valence-corrected chi connectivity index (χ2v) is 3.07. The number of carbonyl (C=O) groups is 1. The van der Waals surface area contributed by atoms with Gasteiger partial charge >= 0.3 is 0 Å². The van der Waals surface area contributed by atoms with Crippen molar-refractivity contribution in [2.24, 2.45) is 5.84 Å². The molecule has 0 spiro atoms. The fraction of sp³-hybridized carbons (Fsp3) is 0.222. The van der Waals surface area contributed by atoms with Gasteiger partial charge in [0, 0.05) is 6.07 Å². The number of amides is 1. The van der Waals surface area contributed by atoms with Gasteiger partial charge in [-0.1, -0.05) is 11.6 Å². The van der Waals surface area contributed by atoms with E-state index in [0.29, 0.717) is 11.5 Å². The maximum atomic E-state index is 11.3. The lowest BCUT2D eigenvalue weighted by Gasteiger charge is -2.10. The summed E-state index contributed by atoms with van der Waals surface area (Å²) in [7, 11) is 2.95. The Balaban J connectivity index is 3.25. The van der Waals surface area contributed by atoms with Crippen LogP contribution in [-0.4, -0.2) is 20.1 Å². The van der Waals surface area contributed by atoms with E-state index >= 15 is 0 Å². The van der Waals surface area contributed by atoms with Gasteiger partial charge in [0.15, 0.2) is 11.5 Å². The minimum Gasteiger partial charge on any atom is -0.493 e. The van der Waals surface area contributed by atoms with Crippen LogP contribution in [0.1, 0.15) is 10.4 Å². The number of halogens is 1. The molecule has 0 heterocycles. The summed E-state index contributed by atoms with van der Waals surface area (Å²) in [5.74, 6) is 5.39. The molecule has 1 aromatic rings. The Morgan fingerprint density at radius 2 is 1.87 bits per heavy atom. The van der Waals surface area contributed by atoms with Crippen molar-refractivity contribution >= 4 is 17.5 Å². The molecule has 0 aliphatic rings. The lowest BCUT2D eigenvalue weighted by atomic mass is 10.2. The van der Waals surface area contributed by atoms with Gasteiger partial charge in [-0.05, 0) is 6.07 Å². The smallest absolute Gasteiger partial charge is 0.266 e. The van der Waals surface area contributed by atoms with Crippen molar-refractivity contribution < 1.29 is 14.3 Å². The van der Waals surface area contributed by atoms with Crippen LogP contribution < -0.4 is 20.7 Å². The molecule has 0 aliphatic heterocycles. The van der Waals surface area contributed by atoms with Gasteiger partial charge < -0.3 is 9.47 Å². The fourth-order valence-electron chi connectivity index (χ4n) is 1.11. The number of nitrogen functional groups attached to an aromatic ring is 1. The van der Waals surface area contributed by atoms with E-state index in [1.54, 1.807) is 0 Å². The van der Waals surface area contributed by atoms with Gasteiger partial charge in [0.05, 0.1) is 24.8 Å². The van der Waals surface area contributed by atoms with E-state index in [1.165, 1.54) is 26.4 Å². The second kappa shape index (κ2) is 4.86. The molecule has 0 saturated carbocycles. The van der Waals surface area contributed by atoms with E-state index in [1.807, 2.05) is 5.43 Å². The molecule has 3 N–H and O–H groups in total. The summed E-state index contributed by atoms with van der Waals surface area (Å²) in [4.78, 5) is 11.3. The molecule has 5 nitrogen and oxygen atoms in total. The van der Waals surface area contributed by atoms with Gasteiger partial charge in [-0.3, -0.25) is 10.2 Å². The topological polar surface area (TPSA) is 73.6 Å². The fourth-order valence-corrected chi connectivity index (χ4v) is 1.35. The van der Waals surface area contributed by atoms with Crippen LogP contribution in [0.2, 0.25) is 5.02 Å². The van der Waals surface area contributed by atoms with Crippen LogP contribution in [0.4, 0.5) is 0 Å². The summed E-state index contributed by atoms with van der Waals surface area (Å²) in [6.07, 6.45) is 0. The number of nitrogens with two attached hydrogens (primary N) is 1. The number of carbonyl (C=O) groups excluding carboxylic acids is 1. The van der Waals surface area contributed by atoms with E-state index in [-0.39, 0.29) is 10.6 Å². The second-order valence-electron chi connectivity index (χ2n) is 2.66. The van der Waals surface area contributed by atoms with Gasteiger partial charge in [-0.25, -0.2) is 5.84 Å². The Hall–Kier alpha value is -1.46. The zero-order valence-corrected chi connectivity index (χ0v) is 9.09. The predicted molar refractivity (Wildman–Crippen MR) is 56.2 cm³/mol. The molecule has 0 bridgehead atoms. The van der Waals surface area contributed by atoms with Crippen LogP contribution in [0.25, 0.3) is 0 Å². The minimum absolute atomic E-state index is 0.233. The van der Waals surface area contributed by atoms with E-state index in [9.17, 15) is 4.79 Å². The third-order valence-corrected chi connectivity index (χ3v) is 2.16. The van der Waals surface area contributed by atoms with Crippen molar-refractivity contribution in [1.29, 1.82) is 0 Å². The Bertz CT molecular complexity index is 382. The molecular weight excluding hydrogens is 220 g/mol. The Morgan fingerprint density at radius 1 is 1.33 bits per heavy atom. The third kappa shape index (κ3) is 2.31. The van der Waals surface area contributed by atoms with Crippen molar-refractivity contribution in [2.75, 3.05) is 14.2 Å². The quantitative estimate of drug-likeness (QED) is 0.461. The Kier molecular flexibility index (Phi) is 3.76. The van der Waals surface area contributed by atoms with E-state index in [0.717, 1.165) is 0 Å². The first kappa shape index (κ1) is 11.6. The number of nitrogens with one attached hydrogen (secondary N) is 1. The maximum Gasteiger partial charge on any atom is 0.266 e. The lowest BCUT2D eigenvalue weighted by molar-refractivity contribution is 0.0953. The molecule has 0 fully saturated rings. The van der Waals surface area contributed by atoms with E-state index < -0.39 is 5.91 Å². The highest BCUT2D eigenvalue weighted by Crippen LogP contribution is 2.32. The number of rotatable bonds is 3. The van der Waals surface area contributed by atoms with Crippen LogP contribution in [0.15, 0.2) is 12.1 Å². The summed E-state index contributed by atoms with van der Waals surface area (Å²) in [6, 6.07) is 2.95. The summed E-state index contributed by atoms with van der Waals surface area (Å²) >= 11 is 5.86. The highest BCUT2D eigenvalue weighted by atomic mass is 35.5. The Morgan fingerprint density at radius 3 is 2.33 bits per heavy atom. The molecule has 0 saturated heterocycles. The molecule has 0 aromatic heterocycles. The first-order chi connectivity index (χ1) is 7.13. The molecule has 6 heteroatoms. The minimum atomic E-state index is -0.485. The molecule has 1 rings (SSSR count). The van der Waals surface area contributed by atoms with Crippen LogP contribution in [0, 0.1) is 0 Å². The monoisotopic (exact) mass is 230 g/mol. The van der Waals surface area contributed by atoms with Gasteiger partial charge in [0.2, 0.25) is 0 Å². The Labute approximate surface area is 92.1 Å². The number of methoxy groups -OCH3 is 2. The van der Waals surface area contributed by atoms with E-state index in [2.05, 4.69) is 0 Å². The molecule has 0 radical (unpaired) electrons. The molecule has 0 unspecified atom stereocenters. The zero-order chi connectivity index (χ0) is 11.4. The van der Waals surface area contributed by atoms with Crippen molar-refractivity contribution in [3.05, 3.63) is 22.7 Å². The lowest BCUT2D eigenvalue weighted by Crippen LogP contribution is -2.30. The summed E-state index contributed by atoms with van der Waals surface area (Å²) < 4.78 is 10.0. The van der Waals surface area contributed by atoms with Gasteiger partial charge in [-0.15, -0.1) is 0 Å². The average Bonchev–Trinajstić information content (AvgIpc) is 2.27. The number of hydrogen-bond acceptors (Lipinski definition) is 4. The first-order valence-corrected chi connectivity index (χ1v) is 4.44.